The molecule has 0 spiro atoms. The fourth-order valence-corrected chi connectivity index (χ4v) is 3.10. The number of aromatic nitrogens is 3. The van der Waals surface area contributed by atoms with Crippen LogP contribution in [0.5, 0.6) is 0 Å². The Balaban J connectivity index is 1.40. The van der Waals surface area contributed by atoms with Gasteiger partial charge in [-0.3, -0.25) is 0 Å². The summed E-state index contributed by atoms with van der Waals surface area (Å²) in [6.07, 6.45) is 1.74. The van der Waals surface area contributed by atoms with Crippen LogP contribution in [0.15, 0.2) is 54.7 Å². The molecule has 3 heterocycles. The summed E-state index contributed by atoms with van der Waals surface area (Å²) in [6.45, 7) is 3.33. The molecular formula is C20H17FN6. The lowest BCUT2D eigenvalue weighted by atomic mass is 10.1. The molecule has 1 fully saturated rings. The quantitative estimate of drug-likeness (QED) is 0.715. The molecule has 6 nitrogen and oxygen atoms in total. The van der Waals surface area contributed by atoms with Crippen molar-refractivity contribution in [2.75, 3.05) is 36.0 Å². The summed E-state index contributed by atoms with van der Waals surface area (Å²) in [6, 6.07) is 15.8. The van der Waals surface area contributed by atoms with Crippen molar-refractivity contribution in [3.63, 3.8) is 0 Å². The highest BCUT2D eigenvalue weighted by Gasteiger charge is 2.19. The van der Waals surface area contributed by atoms with E-state index in [1.807, 2.05) is 24.3 Å². The maximum atomic E-state index is 13.0. The molecule has 3 aromatic rings. The predicted octanol–water partition coefficient (Wildman–Crippen LogP) is 2.88. The van der Waals surface area contributed by atoms with Crippen LogP contribution in [0.2, 0.25) is 0 Å². The fourth-order valence-electron chi connectivity index (χ4n) is 3.10. The highest BCUT2D eigenvalue weighted by Crippen LogP contribution is 2.21. The van der Waals surface area contributed by atoms with Crippen molar-refractivity contribution in [1.29, 1.82) is 5.26 Å². The monoisotopic (exact) mass is 360 g/mol. The predicted molar refractivity (Wildman–Crippen MR) is 101 cm³/mol. The van der Waals surface area contributed by atoms with Gasteiger partial charge in [0.25, 0.3) is 0 Å². The van der Waals surface area contributed by atoms with Gasteiger partial charge >= 0.3 is 0 Å². The molecule has 1 aromatic carbocycles. The minimum Gasteiger partial charge on any atom is -0.367 e. The summed E-state index contributed by atoms with van der Waals surface area (Å²) in [7, 11) is 0. The first-order valence-electron chi connectivity index (χ1n) is 8.69. The highest BCUT2D eigenvalue weighted by atomic mass is 19.1. The molecule has 134 valence electrons. The number of benzene rings is 1. The van der Waals surface area contributed by atoms with Crippen LogP contribution < -0.4 is 9.80 Å². The lowest BCUT2D eigenvalue weighted by molar-refractivity contribution is 0.628. The van der Waals surface area contributed by atoms with Gasteiger partial charge in [-0.2, -0.15) is 5.26 Å². The normalized spacial score (nSPS) is 14.1. The van der Waals surface area contributed by atoms with Gasteiger partial charge in [0.15, 0.2) is 5.82 Å². The summed E-state index contributed by atoms with van der Waals surface area (Å²) < 4.78 is 13.0. The molecule has 2 aromatic heterocycles. The molecule has 1 aliphatic rings. The van der Waals surface area contributed by atoms with E-state index in [2.05, 4.69) is 25.0 Å². The van der Waals surface area contributed by atoms with Gasteiger partial charge in [0, 0.05) is 31.7 Å². The number of piperazine rings is 1. The van der Waals surface area contributed by atoms with E-state index >= 15 is 0 Å². The zero-order valence-corrected chi connectivity index (χ0v) is 14.6. The molecule has 0 bridgehead atoms. The van der Waals surface area contributed by atoms with Crippen LogP contribution in [-0.4, -0.2) is 41.4 Å². The molecule has 0 unspecified atom stereocenters. The summed E-state index contributed by atoms with van der Waals surface area (Å²) in [5.41, 5.74) is 3.01. The standard InChI is InChI=1S/C20H17FN6/c21-16-3-1-15(2-4-16)19-7-8-20(25-24-19)27-11-9-26(10-12-27)18-6-5-17(13-22)23-14-18/h1-8,14H,9-12H2. The minimum atomic E-state index is -0.265. The Labute approximate surface area is 156 Å². The van der Waals surface area contributed by atoms with E-state index in [1.54, 1.807) is 24.4 Å². The molecule has 7 heteroatoms. The number of rotatable bonds is 3. The van der Waals surface area contributed by atoms with Crippen LogP contribution in [0.4, 0.5) is 15.9 Å². The average molecular weight is 360 g/mol. The molecule has 0 radical (unpaired) electrons. The number of anilines is 2. The lowest BCUT2D eigenvalue weighted by Gasteiger charge is -2.36. The highest BCUT2D eigenvalue weighted by molar-refractivity contribution is 5.59. The third kappa shape index (κ3) is 3.70. The van der Waals surface area contributed by atoms with E-state index in [0.717, 1.165) is 48.9 Å². The van der Waals surface area contributed by atoms with Gasteiger partial charge in [0.05, 0.1) is 17.6 Å². The van der Waals surface area contributed by atoms with Crippen LogP contribution in [0.25, 0.3) is 11.3 Å². The summed E-state index contributed by atoms with van der Waals surface area (Å²) >= 11 is 0. The summed E-state index contributed by atoms with van der Waals surface area (Å²) in [5, 5.41) is 17.5. The van der Waals surface area contributed by atoms with Gasteiger partial charge in [-0.1, -0.05) is 0 Å². The average Bonchev–Trinajstić information content (AvgIpc) is 2.75. The Bertz CT molecular complexity index is 940. The second-order valence-electron chi connectivity index (χ2n) is 6.27. The molecule has 0 atom stereocenters. The molecule has 0 N–H and O–H groups in total. The number of pyridine rings is 1. The number of nitriles is 1. The smallest absolute Gasteiger partial charge is 0.151 e. The van der Waals surface area contributed by atoms with E-state index in [4.69, 9.17) is 5.26 Å². The van der Waals surface area contributed by atoms with Gasteiger partial charge in [-0.15, -0.1) is 10.2 Å². The van der Waals surface area contributed by atoms with E-state index in [9.17, 15) is 4.39 Å². The van der Waals surface area contributed by atoms with Crippen molar-refractivity contribution in [2.24, 2.45) is 0 Å². The maximum Gasteiger partial charge on any atom is 0.151 e. The van der Waals surface area contributed by atoms with Crippen molar-refractivity contribution in [1.82, 2.24) is 15.2 Å². The zero-order valence-electron chi connectivity index (χ0n) is 14.6. The van der Waals surface area contributed by atoms with Crippen LogP contribution in [0.1, 0.15) is 5.69 Å². The largest absolute Gasteiger partial charge is 0.367 e. The van der Waals surface area contributed by atoms with Crippen molar-refractivity contribution >= 4 is 11.5 Å². The van der Waals surface area contributed by atoms with Crippen LogP contribution in [0.3, 0.4) is 0 Å². The van der Waals surface area contributed by atoms with Gasteiger partial charge in [-0.25, -0.2) is 9.37 Å². The van der Waals surface area contributed by atoms with E-state index in [1.165, 1.54) is 12.1 Å². The Morgan fingerprint density at radius 3 is 2.19 bits per heavy atom. The summed E-state index contributed by atoms with van der Waals surface area (Å²) in [5.74, 6) is 0.567. The SMILES string of the molecule is N#Cc1ccc(N2CCN(c3ccc(-c4ccc(F)cc4)nn3)CC2)cn1. The molecule has 27 heavy (non-hydrogen) atoms. The van der Waals surface area contributed by atoms with Gasteiger partial charge in [0.2, 0.25) is 0 Å². The minimum absolute atomic E-state index is 0.265. The third-order valence-corrected chi connectivity index (χ3v) is 4.62. The Morgan fingerprint density at radius 1 is 0.852 bits per heavy atom. The molecule has 1 aliphatic heterocycles. The topological polar surface area (TPSA) is 68.9 Å². The third-order valence-electron chi connectivity index (χ3n) is 4.62. The number of hydrogen-bond acceptors (Lipinski definition) is 6. The number of halogens is 1. The van der Waals surface area contributed by atoms with Gasteiger partial charge < -0.3 is 9.80 Å². The Hall–Kier alpha value is -3.53. The molecule has 4 rings (SSSR count). The van der Waals surface area contributed by atoms with Gasteiger partial charge in [-0.05, 0) is 48.5 Å². The Kier molecular flexibility index (Phi) is 4.62. The fraction of sp³-hybridized carbons (Fsp3) is 0.200. The summed E-state index contributed by atoms with van der Waals surface area (Å²) in [4.78, 5) is 8.56. The second kappa shape index (κ2) is 7.38. The van der Waals surface area contributed by atoms with Crippen LogP contribution >= 0.6 is 0 Å². The van der Waals surface area contributed by atoms with Crippen molar-refractivity contribution in [3.05, 3.63) is 66.2 Å². The first-order valence-corrected chi connectivity index (χ1v) is 8.69. The van der Waals surface area contributed by atoms with Crippen LogP contribution in [-0.2, 0) is 0 Å². The number of hydrogen-bond donors (Lipinski definition) is 0. The lowest BCUT2D eigenvalue weighted by Crippen LogP contribution is -2.46. The van der Waals surface area contributed by atoms with E-state index < -0.39 is 0 Å². The molecular weight excluding hydrogens is 343 g/mol. The van der Waals surface area contributed by atoms with Crippen molar-refractivity contribution in [2.45, 2.75) is 0 Å². The van der Waals surface area contributed by atoms with Crippen molar-refractivity contribution < 1.29 is 4.39 Å². The van der Waals surface area contributed by atoms with Gasteiger partial charge in [0.1, 0.15) is 17.6 Å². The maximum absolute atomic E-state index is 13.0. The van der Waals surface area contributed by atoms with Crippen LogP contribution in [0, 0.1) is 17.1 Å². The van der Waals surface area contributed by atoms with E-state index in [0.29, 0.717) is 5.69 Å². The van der Waals surface area contributed by atoms with E-state index in [-0.39, 0.29) is 5.82 Å². The van der Waals surface area contributed by atoms with Crippen molar-refractivity contribution in [3.8, 4) is 17.3 Å². The Morgan fingerprint density at radius 2 is 1.59 bits per heavy atom. The second-order valence-corrected chi connectivity index (χ2v) is 6.27. The first-order chi connectivity index (χ1) is 13.2. The zero-order chi connectivity index (χ0) is 18.6. The molecule has 0 saturated carbocycles. The first kappa shape index (κ1) is 16.9. The molecule has 0 aliphatic carbocycles. The molecule has 0 amide bonds. The number of nitrogens with zero attached hydrogens (tertiary/aromatic N) is 6. The molecule has 1 saturated heterocycles.